The molecule has 0 atom stereocenters. The predicted molar refractivity (Wildman–Crippen MR) is 86.0 cm³/mol. The molecule has 0 radical (unpaired) electrons. The molecule has 0 saturated carbocycles. The Morgan fingerprint density at radius 3 is 2.47 bits per heavy atom. The molecule has 0 bridgehead atoms. The minimum Gasteiger partial charge on any atom is -0.360 e. The van der Waals surface area contributed by atoms with Crippen molar-refractivity contribution in [1.82, 2.24) is 4.90 Å². The third-order valence-electron chi connectivity index (χ3n) is 3.99. The average Bonchev–Trinajstić information content (AvgIpc) is 2.64. The monoisotopic (exact) mass is 266 g/mol. The summed E-state index contributed by atoms with van der Waals surface area (Å²) in [5.41, 5.74) is 0. The Hall–Kier alpha value is -0.530. The van der Waals surface area contributed by atoms with Gasteiger partial charge in [0.25, 0.3) is 0 Å². The molecule has 19 heavy (non-hydrogen) atoms. The molecule has 1 heterocycles. The smallest absolute Gasteiger partial charge is 0.0988 e. The van der Waals surface area contributed by atoms with Crippen molar-refractivity contribution >= 4 is 5.84 Å². The van der Waals surface area contributed by atoms with Crippen molar-refractivity contribution < 1.29 is 0 Å². The fourth-order valence-electron chi connectivity index (χ4n) is 2.84. The van der Waals surface area contributed by atoms with E-state index in [0.717, 1.165) is 6.54 Å². The number of aliphatic imine (C=N–C) groups is 1. The highest BCUT2D eigenvalue weighted by Crippen LogP contribution is 2.13. The Morgan fingerprint density at radius 2 is 1.68 bits per heavy atom. The number of unbranched alkanes of at least 4 members (excludes halogenated alkanes) is 5. The van der Waals surface area contributed by atoms with E-state index < -0.39 is 0 Å². The Bertz CT molecular complexity index is 235. The molecule has 1 rings (SSSR count). The van der Waals surface area contributed by atoms with Gasteiger partial charge < -0.3 is 4.90 Å². The van der Waals surface area contributed by atoms with Gasteiger partial charge in [0.05, 0.1) is 5.84 Å². The molecule has 1 saturated heterocycles. The third kappa shape index (κ3) is 7.59. The second kappa shape index (κ2) is 11.3. The molecular formula is C17H34N2. The van der Waals surface area contributed by atoms with Gasteiger partial charge in [-0.2, -0.15) is 0 Å². The lowest BCUT2D eigenvalue weighted by Crippen LogP contribution is -2.31. The third-order valence-corrected chi connectivity index (χ3v) is 3.99. The molecule has 1 aliphatic rings. The van der Waals surface area contributed by atoms with Crippen LogP contribution in [0.15, 0.2) is 4.99 Å². The van der Waals surface area contributed by atoms with Crippen molar-refractivity contribution in [1.29, 1.82) is 0 Å². The SMILES string of the molecule is CCCCCCCCN=C1CCCCCN1CCC. The van der Waals surface area contributed by atoms with Crippen molar-refractivity contribution in [2.45, 2.75) is 84.5 Å². The molecule has 1 aliphatic heterocycles. The molecule has 0 unspecified atom stereocenters. The van der Waals surface area contributed by atoms with E-state index in [1.807, 2.05) is 0 Å². The average molecular weight is 266 g/mol. The van der Waals surface area contributed by atoms with Crippen molar-refractivity contribution in [2.75, 3.05) is 19.6 Å². The van der Waals surface area contributed by atoms with Crippen LogP contribution in [0.1, 0.15) is 84.5 Å². The first kappa shape index (κ1) is 16.5. The number of rotatable bonds is 9. The highest BCUT2D eigenvalue weighted by Gasteiger charge is 2.13. The highest BCUT2D eigenvalue weighted by molar-refractivity contribution is 5.82. The Morgan fingerprint density at radius 1 is 0.895 bits per heavy atom. The summed E-state index contributed by atoms with van der Waals surface area (Å²) in [6.45, 7) is 8.05. The van der Waals surface area contributed by atoms with E-state index in [1.165, 1.54) is 89.6 Å². The van der Waals surface area contributed by atoms with Gasteiger partial charge in [-0.1, -0.05) is 52.4 Å². The summed E-state index contributed by atoms with van der Waals surface area (Å²) in [6.07, 6.45) is 14.8. The first-order chi connectivity index (χ1) is 9.38. The van der Waals surface area contributed by atoms with E-state index in [-0.39, 0.29) is 0 Å². The van der Waals surface area contributed by atoms with E-state index in [2.05, 4.69) is 18.7 Å². The van der Waals surface area contributed by atoms with Crippen LogP contribution in [-0.4, -0.2) is 30.4 Å². The van der Waals surface area contributed by atoms with Crippen molar-refractivity contribution in [3.8, 4) is 0 Å². The van der Waals surface area contributed by atoms with Crippen LogP contribution in [-0.2, 0) is 0 Å². The molecule has 0 aromatic heterocycles. The van der Waals surface area contributed by atoms with E-state index >= 15 is 0 Å². The Kier molecular flexibility index (Phi) is 9.84. The van der Waals surface area contributed by atoms with Crippen LogP contribution < -0.4 is 0 Å². The molecule has 0 aliphatic carbocycles. The van der Waals surface area contributed by atoms with E-state index in [1.54, 1.807) is 0 Å². The minimum atomic E-state index is 1.06. The van der Waals surface area contributed by atoms with Gasteiger partial charge in [-0.15, -0.1) is 0 Å². The molecule has 0 N–H and O–H groups in total. The molecular weight excluding hydrogens is 232 g/mol. The number of likely N-dealkylation sites (tertiary alicyclic amines) is 1. The summed E-state index contributed by atoms with van der Waals surface area (Å²) in [7, 11) is 0. The summed E-state index contributed by atoms with van der Waals surface area (Å²) in [6, 6.07) is 0. The molecule has 0 spiro atoms. The Labute approximate surface area is 120 Å². The fraction of sp³-hybridized carbons (Fsp3) is 0.941. The molecule has 2 heteroatoms. The standard InChI is InChI=1S/C17H34N2/c1-3-5-6-7-8-11-14-18-17-13-10-9-12-16-19(17)15-4-2/h3-16H2,1-2H3. The number of amidine groups is 1. The molecule has 112 valence electrons. The Balaban J connectivity index is 2.23. The molecule has 1 fully saturated rings. The van der Waals surface area contributed by atoms with Gasteiger partial charge in [-0.05, 0) is 25.7 Å². The summed E-state index contributed by atoms with van der Waals surface area (Å²) < 4.78 is 0. The second-order valence-electron chi connectivity index (χ2n) is 5.86. The molecule has 0 aromatic carbocycles. The minimum absolute atomic E-state index is 1.06. The maximum Gasteiger partial charge on any atom is 0.0988 e. The van der Waals surface area contributed by atoms with Gasteiger partial charge in [-0.25, -0.2) is 0 Å². The lowest BCUT2D eigenvalue weighted by Gasteiger charge is -2.23. The van der Waals surface area contributed by atoms with Crippen LogP contribution in [0, 0.1) is 0 Å². The molecule has 0 amide bonds. The van der Waals surface area contributed by atoms with Crippen LogP contribution in [0.5, 0.6) is 0 Å². The van der Waals surface area contributed by atoms with E-state index in [4.69, 9.17) is 4.99 Å². The van der Waals surface area contributed by atoms with E-state index in [0.29, 0.717) is 0 Å². The highest BCUT2D eigenvalue weighted by atomic mass is 15.2. The van der Waals surface area contributed by atoms with Crippen molar-refractivity contribution in [2.24, 2.45) is 4.99 Å². The van der Waals surface area contributed by atoms with Gasteiger partial charge in [0.2, 0.25) is 0 Å². The topological polar surface area (TPSA) is 15.6 Å². The lowest BCUT2D eigenvalue weighted by atomic mass is 10.1. The normalized spacial score (nSPS) is 18.8. The van der Waals surface area contributed by atoms with Gasteiger partial charge in [0, 0.05) is 26.1 Å². The zero-order valence-corrected chi connectivity index (χ0v) is 13.3. The van der Waals surface area contributed by atoms with Gasteiger partial charge in [-0.3, -0.25) is 4.99 Å². The largest absolute Gasteiger partial charge is 0.360 e. The first-order valence-electron chi connectivity index (χ1n) is 8.66. The summed E-state index contributed by atoms with van der Waals surface area (Å²) >= 11 is 0. The van der Waals surface area contributed by atoms with Crippen molar-refractivity contribution in [3.63, 3.8) is 0 Å². The van der Waals surface area contributed by atoms with Gasteiger partial charge in [0.1, 0.15) is 0 Å². The van der Waals surface area contributed by atoms with Crippen LogP contribution in [0.2, 0.25) is 0 Å². The summed E-state index contributed by atoms with van der Waals surface area (Å²) in [5, 5.41) is 0. The molecule has 2 nitrogen and oxygen atoms in total. The van der Waals surface area contributed by atoms with Crippen LogP contribution >= 0.6 is 0 Å². The maximum atomic E-state index is 4.90. The summed E-state index contributed by atoms with van der Waals surface area (Å²) in [4.78, 5) is 7.45. The van der Waals surface area contributed by atoms with Gasteiger partial charge in [0.15, 0.2) is 0 Å². The zero-order chi connectivity index (χ0) is 13.8. The summed E-state index contributed by atoms with van der Waals surface area (Å²) in [5.74, 6) is 1.41. The van der Waals surface area contributed by atoms with Crippen LogP contribution in [0.3, 0.4) is 0 Å². The van der Waals surface area contributed by atoms with Crippen molar-refractivity contribution in [3.05, 3.63) is 0 Å². The number of nitrogens with zero attached hydrogens (tertiary/aromatic N) is 2. The predicted octanol–water partition coefficient (Wildman–Crippen LogP) is 5.03. The van der Waals surface area contributed by atoms with Gasteiger partial charge >= 0.3 is 0 Å². The molecule has 0 aromatic rings. The number of hydrogen-bond donors (Lipinski definition) is 0. The van der Waals surface area contributed by atoms with E-state index in [9.17, 15) is 0 Å². The fourth-order valence-corrected chi connectivity index (χ4v) is 2.84. The van der Waals surface area contributed by atoms with Crippen LogP contribution in [0.4, 0.5) is 0 Å². The quantitative estimate of drug-likeness (QED) is 0.534. The maximum absolute atomic E-state index is 4.90. The number of hydrogen-bond acceptors (Lipinski definition) is 1. The lowest BCUT2D eigenvalue weighted by molar-refractivity contribution is 0.411. The zero-order valence-electron chi connectivity index (χ0n) is 13.3. The first-order valence-corrected chi connectivity index (χ1v) is 8.66. The van der Waals surface area contributed by atoms with Crippen LogP contribution in [0.25, 0.3) is 0 Å². The second-order valence-corrected chi connectivity index (χ2v) is 5.86.